The fraction of sp³-hybridized carbons (Fsp3) is 0.567. The molecule has 1 saturated heterocycles. The predicted octanol–water partition coefficient (Wildman–Crippen LogP) is 4.17. The summed E-state index contributed by atoms with van der Waals surface area (Å²) < 4.78 is 19.8. The zero-order chi connectivity index (χ0) is 28.1. The number of pyridine rings is 2. The molecule has 2 fully saturated rings. The van der Waals surface area contributed by atoms with Gasteiger partial charge >= 0.3 is 0 Å². The van der Waals surface area contributed by atoms with Crippen molar-refractivity contribution in [1.82, 2.24) is 20.2 Å². The number of piperidine rings is 1. The van der Waals surface area contributed by atoms with Crippen LogP contribution in [0, 0.1) is 11.9 Å². The van der Waals surface area contributed by atoms with Gasteiger partial charge in [0.1, 0.15) is 12.4 Å². The highest BCUT2D eigenvalue weighted by Crippen LogP contribution is 2.38. The first-order valence-corrected chi connectivity index (χ1v) is 14.5. The highest BCUT2D eigenvalue weighted by Gasteiger charge is 2.36. The number of likely N-dealkylation sites (tertiary alicyclic amines) is 1. The molecule has 2 amide bonds. The molecule has 2 aromatic heterocycles. The number of anilines is 1. The van der Waals surface area contributed by atoms with Gasteiger partial charge in [-0.05, 0) is 71.5 Å². The van der Waals surface area contributed by atoms with E-state index in [0.29, 0.717) is 24.7 Å². The molecular weight excluding hydrogens is 511 g/mol. The molecule has 0 radical (unpaired) electrons. The van der Waals surface area contributed by atoms with Crippen molar-refractivity contribution in [2.75, 3.05) is 31.1 Å². The summed E-state index contributed by atoms with van der Waals surface area (Å²) in [7, 11) is 0. The van der Waals surface area contributed by atoms with Crippen LogP contribution in [-0.4, -0.2) is 70.8 Å². The summed E-state index contributed by atoms with van der Waals surface area (Å²) in [6, 6.07) is 4.71. The quantitative estimate of drug-likeness (QED) is 0.493. The Morgan fingerprint density at radius 3 is 2.62 bits per heavy atom. The van der Waals surface area contributed by atoms with Crippen molar-refractivity contribution >= 4 is 23.3 Å². The number of fused-ring (bicyclic) bond motifs is 1. The van der Waals surface area contributed by atoms with Gasteiger partial charge < -0.3 is 15.0 Å². The molecule has 1 N–H and O–H groups in total. The highest BCUT2D eigenvalue weighted by atomic mass is 19.1. The van der Waals surface area contributed by atoms with E-state index in [4.69, 9.17) is 4.74 Å². The van der Waals surface area contributed by atoms with Gasteiger partial charge in [-0.2, -0.15) is 9.38 Å². The summed E-state index contributed by atoms with van der Waals surface area (Å²) in [6.45, 7) is 7.60. The molecular formula is C30H39FN6O3. The number of hydrogen-bond acceptors (Lipinski definition) is 6. The van der Waals surface area contributed by atoms with Crippen molar-refractivity contribution in [2.24, 2.45) is 10.9 Å². The van der Waals surface area contributed by atoms with E-state index in [9.17, 15) is 14.0 Å². The summed E-state index contributed by atoms with van der Waals surface area (Å²) in [6.07, 6.45) is 10.4. The number of aliphatic imine (C=N–C) groups is 1. The van der Waals surface area contributed by atoms with E-state index in [1.807, 2.05) is 19.9 Å². The van der Waals surface area contributed by atoms with Gasteiger partial charge in [-0.15, -0.1) is 0 Å². The van der Waals surface area contributed by atoms with E-state index >= 15 is 0 Å². The lowest BCUT2D eigenvalue weighted by Crippen LogP contribution is -2.44. The summed E-state index contributed by atoms with van der Waals surface area (Å²) in [5.41, 5.74) is 2.06. The fourth-order valence-corrected chi connectivity index (χ4v) is 5.97. The van der Waals surface area contributed by atoms with Gasteiger partial charge in [-0.25, -0.2) is 9.97 Å². The first kappa shape index (κ1) is 28.1. The number of hydrogen-bond donors (Lipinski definition) is 1. The van der Waals surface area contributed by atoms with Gasteiger partial charge in [0.05, 0.1) is 5.69 Å². The second-order valence-electron chi connectivity index (χ2n) is 11.3. The molecule has 1 aliphatic carbocycles. The van der Waals surface area contributed by atoms with Crippen molar-refractivity contribution in [2.45, 2.75) is 77.3 Å². The predicted molar refractivity (Wildman–Crippen MR) is 151 cm³/mol. The minimum absolute atomic E-state index is 0.0198. The lowest BCUT2D eigenvalue weighted by Gasteiger charge is -2.36. The van der Waals surface area contributed by atoms with Crippen molar-refractivity contribution in [3.8, 4) is 5.88 Å². The van der Waals surface area contributed by atoms with Crippen molar-refractivity contribution in [1.29, 1.82) is 0 Å². The Kier molecular flexibility index (Phi) is 9.04. The van der Waals surface area contributed by atoms with Crippen LogP contribution in [0.2, 0.25) is 0 Å². The number of amidine groups is 1. The summed E-state index contributed by atoms with van der Waals surface area (Å²) >= 11 is 0. The number of halogens is 1. The van der Waals surface area contributed by atoms with E-state index in [1.165, 1.54) is 31.5 Å². The lowest BCUT2D eigenvalue weighted by atomic mass is 9.84. The standard InChI is InChI=1S/C30H39FN6O3/c1-20(2)34-29(38)21-6-8-24(9-7-21)37-25-18-28(40-15-14-36-12-4-3-5-13-36)33-19-23(25)17-27(37)35-30(39)22-10-11-32-26(31)16-22/h10-11,16,18-21,24H,3-9,12-15,17H2,1-2H3,(H,34,38). The average Bonchev–Trinajstić information content (AvgIpc) is 3.30. The maximum atomic E-state index is 13.7. The Hall–Kier alpha value is -3.40. The van der Waals surface area contributed by atoms with Crippen molar-refractivity contribution in [3.63, 3.8) is 0 Å². The minimum Gasteiger partial charge on any atom is -0.476 e. The SMILES string of the molecule is CC(C)NC(=O)C1CCC(N2C(=NC(=O)c3ccnc(F)c3)Cc3cnc(OCCN4CCCCC4)cc32)CC1. The number of nitrogens with one attached hydrogen (secondary N) is 1. The van der Waals surface area contributed by atoms with Crippen LogP contribution in [0.5, 0.6) is 5.88 Å². The smallest absolute Gasteiger partial charge is 0.278 e. The molecule has 2 aliphatic heterocycles. The van der Waals surface area contributed by atoms with Gasteiger partial charge in [0.15, 0.2) is 0 Å². The average molecular weight is 551 g/mol. The van der Waals surface area contributed by atoms with E-state index in [2.05, 4.69) is 30.1 Å². The first-order chi connectivity index (χ1) is 19.4. The van der Waals surface area contributed by atoms with Crippen LogP contribution in [0.3, 0.4) is 0 Å². The molecule has 3 aliphatic rings. The van der Waals surface area contributed by atoms with Crippen LogP contribution in [0.4, 0.5) is 10.1 Å². The lowest BCUT2D eigenvalue weighted by molar-refractivity contribution is -0.126. The molecule has 9 nitrogen and oxygen atoms in total. The molecule has 0 bridgehead atoms. The molecule has 214 valence electrons. The van der Waals surface area contributed by atoms with E-state index in [1.54, 1.807) is 6.20 Å². The van der Waals surface area contributed by atoms with Crippen LogP contribution in [0.25, 0.3) is 0 Å². The third-order valence-electron chi connectivity index (χ3n) is 8.00. The number of aromatic nitrogens is 2. The fourth-order valence-electron chi connectivity index (χ4n) is 5.97. The number of carbonyl (C=O) groups is 2. The molecule has 0 atom stereocenters. The van der Waals surface area contributed by atoms with Gasteiger partial charge in [0, 0.05) is 66.6 Å². The maximum Gasteiger partial charge on any atom is 0.278 e. The Morgan fingerprint density at radius 2 is 1.90 bits per heavy atom. The van der Waals surface area contributed by atoms with Crippen LogP contribution < -0.4 is 15.0 Å². The number of carbonyl (C=O) groups excluding carboxylic acids is 2. The van der Waals surface area contributed by atoms with Gasteiger partial charge in [-0.3, -0.25) is 14.5 Å². The molecule has 1 saturated carbocycles. The Morgan fingerprint density at radius 1 is 1.12 bits per heavy atom. The summed E-state index contributed by atoms with van der Waals surface area (Å²) in [5.74, 6) is 0.0200. The Balaban J connectivity index is 1.34. The van der Waals surface area contributed by atoms with E-state index in [-0.39, 0.29) is 29.5 Å². The zero-order valence-electron chi connectivity index (χ0n) is 23.4. The van der Waals surface area contributed by atoms with Crippen molar-refractivity contribution < 1.29 is 18.7 Å². The molecule has 0 spiro atoms. The molecule has 0 aromatic carbocycles. The third kappa shape index (κ3) is 6.83. The number of rotatable bonds is 8. The zero-order valence-corrected chi connectivity index (χ0v) is 23.4. The first-order valence-electron chi connectivity index (χ1n) is 14.5. The van der Waals surface area contributed by atoms with E-state index < -0.39 is 11.9 Å². The second-order valence-corrected chi connectivity index (χ2v) is 11.3. The number of nitrogens with zero attached hydrogens (tertiary/aromatic N) is 5. The number of ether oxygens (including phenoxy) is 1. The van der Waals surface area contributed by atoms with Gasteiger partial charge in [0.25, 0.3) is 5.91 Å². The topological polar surface area (TPSA) is 100 Å². The second kappa shape index (κ2) is 12.8. The summed E-state index contributed by atoms with van der Waals surface area (Å²) in [5, 5.41) is 3.04. The van der Waals surface area contributed by atoms with Crippen molar-refractivity contribution in [3.05, 3.63) is 47.7 Å². The molecule has 0 unspecified atom stereocenters. The molecule has 10 heteroatoms. The van der Waals surface area contributed by atoms with Crippen LogP contribution in [-0.2, 0) is 11.2 Å². The maximum absolute atomic E-state index is 13.7. The minimum atomic E-state index is -0.717. The largest absolute Gasteiger partial charge is 0.476 e. The summed E-state index contributed by atoms with van der Waals surface area (Å²) in [4.78, 5) is 42.8. The normalized spacial score (nSPS) is 22.4. The van der Waals surface area contributed by atoms with E-state index in [0.717, 1.165) is 62.6 Å². The van der Waals surface area contributed by atoms with Gasteiger partial charge in [0.2, 0.25) is 17.7 Å². The molecule has 4 heterocycles. The Labute approximate surface area is 235 Å². The van der Waals surface area contributed by atoms with Gasteiger partial charge in [-0.1, -0.05) is 6.42 Å². The molecule has 2 aromatic rings. The molecule has 5 rings (SSSR count). The van der Waals surface area contributed by atoms with Crippen LogP contribution in [0.1, 0.15) is 74.7 Å². The third-order valence-corrected chi connectivity index (χ3v) is 8.00. The Bertz CT molecular complexity index is 1240. The van der Waals surface area contributed by atoms with Crippen LogP contribution in [0.15, 0.2) is 35.6 Å². The monoisotopic (exact) mass is 550 g/mol. The highest BCUT2D eigenvalue weighted by molar-refractivity contribution is 6.12. The van der Waals surface area contributed by atoms with Crippen LogP contribution >= 0.6 is 0 Å². The molecule has 40 heavy (non-hydrogen) atoms. The number of amides is 2.